The molecule has 0 aliphatic carbocycles. The Hall–Kier alpha value is -1.55. The van der Waals surface area contributed by atoms with Crippen LogP contribution in [-0.4, -0.2) is 18.2 Å². The van der Waals surface area contributed by atoms with Gasteiger partial charge in [0.1, 0.15) is 0 Å². The van der Waals surface area contributed by atoms with Crippen molar-refractivity contribution in [1.82, 2.24) is 0 Å². The number of nitrogens with two attached hydrogens (primary N) is 1. The molecule has 0 aromatic heterocycles. The van der Waals surface area contributed by atoms with Crippen molar-refractivity contribution < 1.29 is 9.53 Å². The van der Waals surface area contributed by atoms with Crippen LogP contribution in [0.5, 0.6) is 0 Å². The van der Waals surface area contributed by atoms with E-state index in [1.165, 1.54) is 0 Å². The third-order valence-electron chi connectivity index (χ3n) is 3.74. The molecule has 4 heteroatoms. The maximum Gasteiger partial charge on any atom is 0.414 e. The molecule has 2 rings (SSSR count). The molecule has 1 aromatic rings. The number of carbonyl (C=O) groups excluding carboxylic acids is 1. The Morgan fingerprint density at radius 2 is 2.20 bits per heavy atom. The highest BCUT2D eigenvalue weighted by atomic mass is 16.6. The lowest BCUT2D eigenvalue weighted by Gasteiger charge is -2.39. The SMILES string of the molecule is CC[C@@H]1C[C@H](N)c2cc(C)ccc2N1C(=O)OC(C)C. The molecule has 0 saturated heterocycles. The van der Waals surface area contributed by atoms with Gasteiger partial charge in [-0.3, -0.25) is 4.90 Å². The topological polar surface area (TPSA) is 55.6 Å². The Balaban J connectivity index is 2.42. The van der Waals surface area contributed by atoms with Gasteiger partial charge in [-0.2, -0.15) is 0 Å². The number of carbonyl (C=O) groups is 1. The first-order valence-electron chi connectivity index (χ1n) is 7.30. The summed E-state index contributed by atoms with van der Waals surface area (Å²) in [6, 6.07) is 6.15. The maximum absolute atomic E-state index is 12.4. The van der Waals surface area contributed by atoms with Crippen LogP contribution in [0.1, 0.15) is 50.8 Å². The van der Waals surface area contributed by atoms with Gasteiger partial charge in [0, 0.05) is 12.1 Å². The summed E-state index contributed by atoms with van der Waals surface area (Å²) in [4.78, 5) is 14.2. The third kappa shape index (κ3) is 2.80. The van der Waals surface area contributed by atoms with Crippen LogP contribution in [0.25, 0.3) is 0 Å². The van der Waals surface area contributed by atoms with Gasteiger partial charge in [0.2, 0.25) is 0 Å². The van der Waals surface area contributed by atoms with Crippen molar-refractivity contribution in [3.63, 3.8) is 0 Å². The molecule has 1 aliphatic rings. The Kier molecular flexibility index (Phi) is 4.33. The van der Waals surface area contributed by atoms with E-state index in [0.717, 1.165) is 29.7 Å². The fourth-order valence-electron chi connectivity index (χ4n) is 2.77. The van der Waals surface area contributed by atoms with Gasteiger partial charge in [-0.15, -0.1) is 0 Å². The number of benzene rings is 1. The molecule has 20 heavy (non-hydrogen) atoms. The van der Waals surface area contributed by atoms with Crippen LogP contribution in [-0.2, 0) is 4.74 Å². The molecule has 1 aliphatic heterocycles. The number of nitrogens with zero attached hydrogens (tertiary/aromatic N) is 1. The summed E-state index contributed by atoms with van der Waals surface area (Å²) < 4.78 is 5.39. The lowest BCUT2D eigenvalue weighted by Crippen LogP contribution is -2.46. The minimum absolute atomic E-state index is 0.0158. The summed E-state index contributed by atoms with van der Waals surface area (Å²) in [5, 5.41) is 0. The Labute approximate surface area is 120 Å². The predicted octanol–water partition coefficient (Wildman–Crippen LogP) is 3.53. The molecule has 1 aromatic carbocycles. The van der Waals surface area contributed by atoms with Gasteiger partial charge in [-0.25, -0.2) is 4.79 Å². The number of amides is 1. The zero-order valence-corrected chi connectivity index (χ0v) is 12.7. The molecule has 1 amide bonds. The quantitative estimate of drug-likeness (QED) is 0.899. The van der Waals surface area contributed by atoms with Crippen molar-refractivity contribution >= 4 is 11.8 Å². The number of fused-ring (bicyclic) bond motifs is 1. The lowest BCUT2D eigenvalue weighted by atomic mass is 9.90. The minimum atomic E-state index is -0.274. The average molecular weight is 276 g/mol. The van der Waals surface area contributed by atoms with Crippen LogP contribution in [0.4, 0.5) is 10.5 Å². The molecule has 110 valence electrons. The molecule has 0 unspecified atom stereocenters. The van der Waals surface area contributed by atoms with E-state index < -0.39 is 0 Å². The van der Waals surface area contributed by atoms with Gasteiger partial charge in [0.15, 0.2) is 0 Å². The van der Waals surface area contributed by atoms with Crippen molar-refractivity contribution in [1.29, 1.82) is 0 Å². The van der Waals surface area contributed by atoms with Crippen LogP contribution in [0, 0.1) is 6.92 Å². The van der Waals surface area contributed by atoms with Crippen LogP contribution < -0.4 is 10.6 Å². The normalized spacial score (nSPS) is 21.8. The molecule has 0 spiro atoms. The number of hydrogen-bond acceptors (Lipinski definition) is 3. The first kappa shape index (κ1) is 14.9. The van der Waals surface area contributed by atoms with Crippen molar-refractivity contribution in [3.05, 3.63) is 29.3 Å². The summed E-state index contributed by atoms with van der Waals surface area (Å²) in [5.74, 6) is 0. The standard InChI is InChI=1S/C16H24N2O2/c1-5-12-9-14(17)13-8-11(4)6-7-15(13)18(12)16(19)20-10(2)3/h6-8,10,12,14H,5,9,17H2,1-4H3/t12-,14+/m1/s1. The van der Waals surface area contributed by atoms with E-state index >= 15 is 0 Å². The van der Waals surface area contributed by atoms with Gasteiger partial charge < -0.3 is 10.5 Å². The molecule has 0 radical (unpaired) electrons. The summed E-state index contributed by atoms with van der Waals surface area (Å²) in [6.45, 7) is 7.84. The van der Waals surface area contributed by atoms with E-state index in [4.69, 9.17) is 10.5 Å². The van der Waals surface area contributed by atoms with E-state index in [0.29, 0.717) is 0 Å². The van der Waals surface area contributed by atoms with Crippen LogP contribution in [0.3, 0.4) is 0 Å². The summed E-state index contributed by atoms with van der Waals surface area (Å²) in [6.07, 6.45) is 1.25. The Bertz CT molecular complexity index is 499. The zero-order chi connectivity index (χ0) is 14.9. The molecule has 1 heterocycles. The maximum atomic E-state index is 12.4. The summed E-state index contributed by atoms with van der Waals surface area (Å²) >= 11 is 0. The highest BCUT2D eigenvalue weighted by Gasteiger charge is 2.34. The van der Waals surface area contributed by atoms with Crippen molar-refractivity contribution in [2.45, 2.75) is 58.7 Å². The van der Waals surface area contributed by atoms with E-state index in [2.05, 4.69) is 13.0 Å². The first-order chi connectivity index (χ1) is 9.43. The molecule has 4 nitrogen and oxygen atoms in total. The molecule has 0 fully saturated rings. The molecule has 2 N–H and O–H groups in total. The molecular weight excluding hydrogens is 252 g/mol. The third-order valence-corrected chi connectivity index (χ3v) is 3.74. The van der Waals surface area contributed by atoms with E-state index in [-0.39, 0.29) is 24.3 Å². The van der Waals surface area contributed by atoms with Gasteiger partial charge in [-0.1, -0.05) is 24.6 Å². The molecule has 0 saturated carbocycles. The number of anilines is 1. The summed E-state index contributed by atoms with van der Waals surface area (Å²) in [7, 11) is 0. The monoisotopic (exact) mass is 276 g/mol. The predicted molar refractivity (Wildman–Crippen MR) is 80.9 cm³/mol. The van der Waals surface area contributed by atoms with Crippen LogP contribution >= 0.6 is 0 Å². The number of ether oxygens (including phenoxy) is 1. The zero-order valence-electron chi connectivity index (χ0n) is 12.7. The van der Waals surface area contributed by atoms with Crippen LogP contribution in [0.15, 0.2) is 18.2 Å². The smallest absolute Gasteiger partial charge is 0.414 e. The molecule has 2 atom stereocenters. The second kappa shape index (κ2) is 5.83. The van der Waals surface area contributed by atoms with Gasteiger partial charge >= 0.3 is 6.09 Å². The molecular formula is C16H24N2O2. The minimum Gasteiger partial charge on any atom is -0.446 e. The van der Waals surface area contributed by atoms with E-state index in [1.807, 2.05) is 32.9 Å². The van der Waals surface area contributed by atoms with Crippen molar-refractivity contribution in [2.75, 3.05) is 4.90 Å². The second-order valence-corrected chi connectivity index (χ2v) is 5.77. The highest BCUT2D eigenvalue weighted by Crippen LogP contribution is 2.37. The lowest BCUT2D eigenvalue weighted by molar-refractivity contribution is 0.119. The van der Waals surface area contributed by atoms with Crippen molar-refractivity contribution in [3.8, 4) is 0 Å². The number of aryl methyl sites for hydroxylation is 1. The Morgan fingerprint density at radius 3 is 2.80 bits per heavy atom. The van der Waals surface area contributed by atoms with Gasteiger partial charge in [-0.05, 0) is 45.2 Å². The fraction of sp³-hybridized carbons (Fsp3) is 0.562. The van der Waals surface area contributed by atoms with Crippen LogP contribution in [0.2, 0.25) is 0 Å². The van der Waals surface area contributed by atoms with Gasteiger partial charge in [0.25, 0.3) is 0 Å². The first-order valence-corrected chi connectivity index (χ1v) is 7.30. The molecule has 0 bridgehead atoms. The van der Waals surface area contributed by atoms with E-state index in [9.17, 15) is 4.79 Å². The average Bonchev–Trinajstić information content (AvgIpc) is 2.38. The Morgan fingerprint density at radius 1 is 1.50 bits per heavy atom. The second-order valence-electron chi connectivity index (χ2n) is 5.77. The van der Waals surface area contributed by atoms with Crippen molar-refractivity contribution in [2.24, 2.45) is 5.73 Å². The number of rotatable bonds is 2. The fourth-order valence-corrected chi connectivity index (χ4v) is 2.77. The largest absolute Gasteiger partial charge is 0.446 e. The number of hydrogen-bond donors (Lipinski definition) is 1. The highest BCUT2D eigenvalue weighted by molar-refractivity contribution is 5.90. The summed E-state index contributed by atoms with van der Waals surface area (Å²) in [5.41, 5.74) is 9.36. The van der Waals surface area contributed by atoms with E-state index in [1.54, 1.807) is 4.90 Å². The van der Waals surface area contributed by atoms with Gasteiger partial charge in [0.05, 0.1) is 11.8 Å².